The Labute approximate surface area is 186 Å². The van der Waals surface area contributed by atoms with Gasteiger partial charge in [0, 0.05) is 24.4 Å². The number of nitrogens with zero attached hydrogens (tertiary/aromatic N) is 5. The van der Waals surface area contributed by atoms with Gasteiger partial charge in [0.25, 0.3) is 12.3 Å². The SMILES string of the molecule is Cc1cccc2cc([C@H]3c4nc[nH]c4CCN3C(=O)c3oc(C(C)(C)F)nc3C(F)F)nn12. The summed E-state index contributed by atoms with van der Waals surface area (Å²) in [7, 11) is 0. The summed E-state index contributed by atoms with van der Waals surface area (Å²) >= 11 is 0. The molecular formula is C22H21F3N6O2. The second-order valence-corrected chi connectivity index (χ2v) is 8.50. The van der Waals surface area contributed by atoms with Crippen molar-refractivity contribution in [2.75, 3.05) is 6.54 Å². The number of fused-ring (bicyclic) bond motifs is 2. The van der Waals surface area contributed by atoms with Crippen LogP contribution in [0.2, 0.25) is 0 Å². The quantitative estimate of drug-likeness (QED) is 0.493. The van der Waals surface area contributed by atoms with Crippen LogP contribution in [-0.4, -0.2) is 41.9 Å². The van der Waals surface area contributed by atoms with E-state index in [1.807, 2.05) is 31.2 Å². The fraction of sp³-hybridized carbons (Fsp3) is 0.364. The van der Waals surface area contributed by atoms with Crippen molar-refractivity contribution in [3.8, 4) is 0 Å². The monoisotopic (exact) mass is 458 g/mol. The molecule has 1 aliphatic heterocycles. The van der Waals surface area contributed by atoms with Crippen molar-refractivity contribution in [1.82, 2.24) is 29.5 Å². The lowest BCUT2D eigenvalue weighted by Gasteiger charge is -2.33. The second kappa shape index (κ2) is 7.46. The van der Waals surface area contributed by atoms with Crippen molar-refractivity contribution in [1.29, 1.82) is 0 Å². The Balaban J connectivity index is 1.63. The number of rotatable bonds is 4. The van der Waals surface area contributed by atoms with E-state index >= 15 is 0 Å². The van der Waals surface area contributed by atoms with E-state index in [2.05, 4.69) is 20.1 Å². The molecule has 0 aliphatic carbocycles. The van der Waals surface area contributed by atoms with Crippen molar-refractivity contribution < 1.29 is 22.4 Å². The molecule has 0 fully saturated rings. The maximum absolute atomic E-state index is 14.4. The molecule has 33 heavy (non-hydrogen) atoms. The zero-order chi connectivity index (χ0) is 23.5. The highest BCUT2D eigenvalue weighted by Crippen LogP contribution is 2.37. The number of oxazole rings is 1. The summed E-state index contributed by atoms with van der Waals surface area (Å²) in [5.74, 6) is -2.06. The molecule has 4 aromatic rings. The first-order valence-corrected chi connectivity index (χ1v) is 10.4. The Morgan fingerprint density at radius 2 is 2.12 bits per heavy atom. The van der Waals surface area contributed by atoms with Gasteiger partial charge in [0.05, 0.1) is 23.2 Å². The number of aryl methyl sites for hydroxylation is 1. The van der Waals surface area contributed by atoms with Gasteiger partial charge in [-0.1, -0.05) is 6.07 Å². The third-order valence-electron chi connectivity index (χ3n) is 5.72. The van der Waals surface area contributed by atoms with E-state index in [1.54, 1.807) is 4.52 Å². The third kappa shape index (κ3) is 3.47. The molecule has 0 spiro atoms. The van der Waals surface area contributed by atoms with Crippen LogP contribution in [0.3, 0.4) is 0 Å². The van der Waals surface area contributed by atoms with Gasteiger partial charge in [-0.3, -0.25) is 4.79 Å². The van der Waals surface area contributed by atoms with Crippen LogP contribution in [0.4, 0.5) is 13.2 Å². The summed E-state index contributed by atoms with van der Waals surface area (Å²) in [5.41, 5.74) is 0.620. The van der Waals surface area contributed by atoms with E-state index in [0.29, 0.717) is 17.8 Å². The number of nitrogens with one attached hydrogen (secondary N) is 1. The Hall–Kier alpha value is -3.63. The number of carbonyl (C=O) groups excluding carboxylic acids is 1. The summed E-state index contributed by atoms with van der Waals surface area (Å²) in [4.78, 5) is 25.9. The maximum atomic E-state index is 14.4. The number of hydrogen-bond acceptors (Lipinski definition) is 5. The number of carbonyl (C=O) groups is 1. The zero-order valence-electron chi connectivity index (χ0n) is 18.1. The average Bonchev–Trinajstić information content (AvgIpc) is 3.49. The molecular weight excluding hydrogens is 437 g/mol. The smallest absolute Gasteiger partial charge is 0.292 e. The van der Waals surface area contributed by atoms with Crippen LogP contribution in [0.1, 0.15) is 71.2 Å². The third-order valence-corrected chi connectivity index (χ3v) is 5.72. The number of halogens is 3. The van der Waals surface area contributed by atoms with Crippen molar-refractivity contribution >= 4 is 11.4 Å². The van der Waals surface area contributed by atoms with Gasteiger partial charge in [0.15, 0.2) is 11.4 Å². The summed E-state index contributed by atoms with van der Waals surface area (Å²) in [6, 6.07) is 6.75. The molecule has 0 bridgehead atoms. The van der Waals surface area contributed by atoms with Gasteiger partial charge in [-0.2, -0.15) is 5.10 Å². The van der Waals surface area contributed by atoms with Gasteiger partial charge in [0.1, 0.15) is 6.04 Å². The summed E-state index contributed by atoms with van der Waals surface area (Å²) in [6.45, 7) is 4.35. The number of alkyl halides is 3. The minimum atomic E-state index is -3.11. The maximum Gasteiger partial charge on any atom is 0.292 e. The number of pyridine rings is 1. The first-order chi connectivity index (χ1) is 15.6. The molecule has 0 saturated heterocycles. The number of aromatic amines is 1. The lowest BCUT2D eigenvalue weighted by molar-refractivity contribution is 0.0630. The fourth-order valence-corrected chi connectivity index (χ4v) is 4.12. The van der Waals surface area contributed by atoms with Crippen molar-refractivity contribution in [2.45, 2.75) is 45.3 Å². The molecule has 11 heteroatoms. The normalized spacial score (nSPS) is 16.6. The average molecular weight is 458 g/mol. The Morgan fingerprint density at radius 3 is 2.82 bits per heavy atom. The molecule has 1 N–H and O–H groups in total. The first-order valence-electron chi connectivity index (χ1n) is 10.4. The number of aromatic nitrogens is 5. The highest BCUT2D eigenvalue weighted by atomic mass is 19.3. The van der Waals surface area contributed by atoms with Crippen LogP contribution in [0.5, 0.6) is 0 Å². The molecule has 4 aromatic heterocycles. The van der Waals surface area contributed by atoms with Crippen LogP contribution < -0.4 is 0 Å². The first kappa shape index (κ1) is 21.2. The minimum Gasteiger partial charge on any atom is -0.431 e. The van der Waals surface area contributed by atoms with E-state index in [9.17, 15) is 18.0 Å². The Morgan fingerprint density at radius 1 is 1.33 bits per heavy atom. The number of amides is 1. The van der Waals surface area contributed by atoms with Crippen LogP contribution in [0, 0.1) is 6.92 Å². The Kier molecular flexibility index (Phi) is 4.80. The van der Waals surface area contributed by atoms with E-state index in [0.717, 1.165) is 30.8 Å². The lowest BCUT2D eigenvalue weighted by atomic mass is 9.99. The van der Waals surface area contributed by atoms with E-state index in [4.69, 9.17) is 4.42 Å². The van der Waals surface area contributed by atoms with E-state index < -0.39 is 41.4 Å². The molecule has 172 valence electrons. The minimum absolute atomic E-state index is 0.198. The van der Waals surface area contributed by atoms with Gasteiger partial charge in [-0.15, -0.1) is 0 Å². The Bertz CT molecular complexity index is 1350. The molecule has 0 radical (unpaired) electrons. The van der Waals surface area contributed by atoms with Crippen molar-refractivity contribution in [3.63, 3.8) is 0 Å². The summed E-state index contributed by atoms with van der Waals surface area (Å²) < 4.78 is 48.8. The van der Waals surface area contributed by atoms with Crippen LogP contribution in [-0.2, 0) is 12.1 Å². The number of imidazole rings is 1. The van der Waals surface area contributed by atoms with Crippen LogP contribution in [0.15, 0.2) is 35.0 Å². The second-order valence-electron chi connectivity index (χ2n) is 8.50. The predicted octanol–water partition coefficient (Wildman–Crippen LogP) is 4.28. The molecule has 0 unspecified atom stereocenters. The fourth-order valence-electron chi connectivity index (χ4n) is 4.12. The van der Waals surface area contributed by atoms with Gasteiger partial charge in [-0.25, -0.2) is 27.7 Å². The largest absolute Gasteiger partial charge is 0.431 e. The predicted molar refractivity (Wildman–Crippen MR) is 111 cm³/mol. The van der Waals surface area contributed by atoms with E-state index in [-0.39, 0.29) is 6.54 Å². The number of hydrogen-bond donors (Lipinski definition) is 1. The molecule has 1 aliphatic rings. The van der Waals surface area contributed by atoms with Gasteiger partial charge < -0.3 is 14.3 Å². The molecule has 0 saturated carbocycles. The summed E-state index contributed by atoms with van der Waals surface area (Å²) in [5, 5.41) is 4.66. The van der Waals surface area contributed by atoms with Gasteiger partial charge in [0.2, 0.25) is 11.7 Å². The van der Waals surface area contributed by atoms with E-state index in [1.165, 1.54) is 11.2 Å². The standard InChI is InChI=1S/C22H21F3N6O2/c1-11-5-4-6-12-9-14(29-31(11)12)17-15-13(26-10-27-15)7-8-30(17)20(32)18-16(19(23)24)28-21(33-18)22(2,3)25/h4-6,9-10,17,19H,7-8H2,1-3H3,(H,26,27)/t17-/m0/s1. The highest BCUT2D eigenvalue weighted by Gasteiger charge is 2.41. The molecule has 1 atom stereocenters. The topological polar surface area (TPSA) is 92.3 Å². The van der Waals surface area contributed by atoms with Gasteiger partial charge in [-0.05, 0) is 39.0 Å². The summed E-state index contributed by atoms with van der Waals surface area (Å²) in [6.07, 6.45) is -1.15. The molecule has 8 nitrogen and oxygen atoms in total. The zero-order valence-corrected chi connectivity index (χ0v) is 18.1. The number of H-pyrrole nitrogens is 1. The van der Waals surface area contributed by atoms with Crippen molar-refractivity contribution in [2.24, 2.45) is 0 Å². The van der Waals surface area contributed by atoms with Crippen molar-refractivity contribution in [3.05, 3.63) is 70.7 Å². The molecule has 5 heterocycles. The lowest BCUT2D eigenvalue weighted by Crippen LogP contribution is -2.41. The highest BCUT2D eigenvalue weighted by molar-refractivity contribution is 5.93. The van der Waals surface area contributed by atoms with Crippen LogP contribution in [0.25, 0.3) is 5.52 Å². The van der Waals surface area contributed by atoms with Gasteiger partial charge >= 0.3 is 0 Å². The molecule has 5 rings (SSSR count). The molecule has 0 aromatic carbocycles. The molecule has 1 amide bonds. The van der Waals surface area contributed by atoms with Crippen LogP contribution >= 0.6 is 0 Å².